The van der Waals surface area contributed by atoms with E-state index in [4.69, 9.17) is 5.73 Å². The van der Waals surface area contributed by atoms with Crippen LogP contribution in [0.15, 0.2) is 30.3 Å². The van der Waals surface area contributed by atoms with Crippen LogP contribution in [0.4, 0.5) is 5.82 Å². The van der Waals surface area contributed by atoms with Crippen molar-refractivity contribution in [2.75, 3.05) is 0 Å². The second-order valence-electron chi connectivity index (χ2n) is 3.66. The van der Waals surface area contributed by atoms with Gasteiger partial charge in [0.15, 0.2) is 6.17 Å². The van der Waals surface area contributed by atoms with Crippen LogP contribution in [0.1, 0.15) is 19.5 Å². The number of para-hydroxylation sites is 1. The number of benzene rings is 1. The number of rotatable bonds is 3. The number of nitrogens with zero attached hydrogens (tertiary/aromatic N) is 2. The Balaban J connectivity index is 2.74. The topological polar surface area (TPSA) is 74.1 Å². The van der Waals surface area contributed by atoms with Crippen molar-refractivity contribution in [2.24, 2.45) is 5.73 Å². The monoisotopic (exact) mass is 219 g/mol. The predicted molar refractivity (Wildman–Crippen MR) is 62.1 cm³/mol. The number of hydrogen-bond donors (Lipinski definition) is 1. The molecular formula is C11H13N3O2. The summed E-state index contributed by atoms with van der Waals surface area (Å²) in [6.45, 7) is 1.91. The lowest BCUT2D eigenvalue weighted by Crippen LogP contribution is -2.18. The van der Waals surface area contributed by atoms with E-state index in [0.29, 0.717) is 6.42 Å². The third-order valence-electron chi connectivity index (χ3n) is 2.66. The highest BCUT2D eigenvalue weighted by Gasteiger charge is 2.22. The van der Waals surface area contributed by atoms with E-state index < -0.39 is 4.92 Å². The fourth-order valence-corrected chi connectivity index (χ4v) is 1.83. The molecule has 84 valence electrons. The zero-order chi connectivity index (χ0) is 11.7. The highest BCUT2D eigenvalue weighted by molar-refractivity contribution is 5.83. The minimum atomic E-state index is -0.393. The van der Waals surface area contributed by atoms with Gasteiger partial charge in [-0.2, -0.15) is 0 Å². The Hall–Kier alpha value is -1.88. The quantitative estimate of drug-likeness (QED) is 0.636. The first-order valence-corrected chi connectivity index (χ1v) is 5.15. The smallest absolute Gasteiger partial charge is 0.325 e. The summed E-state index contributed by atoms with van der Waals surface area (Å²) in [5.41, 5.74) is 6.71. The fraction of sp³-hybridized carbons (Fsp3) is 0.273. The first kappa shape index (κ1) is 10.6. The van der Waals surface area contributed by atoms with Crippen molar-refractivity contribution in [1.29, 1.82) is 0 Å². The normalized spacial score (nSPS) is 12.9. The highest BCUT2D eigenvalue weighted by Crippen LogP contribution is 2.28. The molecule has 0 aliphatic heterocycles. The molecule has 2 aromatic rings. The van der Waals surface area contributed by atoms with Gasteiger partial charge in [-0.1, -0.05) is 25.1 Å². The lowest BCUT2D eigenvalue weighted by Gasteiger charge is -2.09. The summed E-state index contributed by atoms with van der Waals surface area (Å²) in [4.78, 5) is 10.5. The molecule has 16 heavy (non-hydrogen) atoms. The van der Waals surface area contributed by atoms with Crippen LogP contribution in [0.2, 0.25) is 0 Å². The molecule has 5 heteroatoms. The van der Waals surface area contributed by atoms with Gasteiger partial charge in [-0.3, -0.25) is 5.73 Å². The van der Waals surface area contributed by atoms with Crippen molar-refractivity contribution in [2.45, 2.75) is 19.5 Å². The van der Waals surface area contributed by atoms with Crippen molar-refractivity contribution in [3.05, 3.63) is 40.4 Å². The van der Waals surface area contributed by atoms with Gasteiger partial charge in [0.05, 0.1) is 0 Å². The van der Waals surface area contributed by atoms with Crippen LogP contribution in [0.3, 0.4) is 0 Å². The molecule has 1 atom stereocenters. The number of aromatic nitrogens is 1. The molecule has 0 spiro atoms. The first-order chi connectivity index (χ1) is 7.65. The molecule has 0 saturated carbocycles. The van der Waals surface area contributed by atoms with Crippen molar-refractivity contribution >= 4 is 16.7 Å². The highest BCUT2D eigenvalue weighted by atomic mass is 16.6. The summed E-state index contributed by atoms with van der Waals surface area (Å²) in [5, 5.41) is 11.8. The maximum Gasteiger partial charge on any atom is 0.325 e. The van der Waals surface area contributed by atoms with Crippen molar-refractivity contribution in [1.82, 2.24) is 4.57 Å². The molecule has 0 bridgehead atoms. The maximum atomic E-state index is 10.9. The van der Waals surface area contributed by atoms with Crippen LogP contribution in [0.25, 0.3) is 10.9 Å². The van der Waals surface area contributed by atoms with Crippen molar-refractivity contribution in [3.8, 4) is 0 Å². The van der Waals surface area contributed by atoms with Gasteiger partial charge in [0.2, 0.25) is 0 Å². The SMILES string of the molecule is CCC(N)n1c([N+](=O)[O-])cc2ccccc21. The van der Waals surface area contributed by atoms with Crippen molar-refractivity contribution in [3.63, 3.8) is 0 Å². The molecule has 0 saturated heterocycles. The van der Waals surface area contributed by atoms with Gasteiger partial charge in [0.1, 0.15) is 5.52 Å². The summed E-state index contributed by atoms with van der Waals surface area (Å²) in [6.07, 6.45) is 0.291. The molecule has 0 aliphatic rings. The van der Waals surface area contributed by atoms with E-state index in [1.165, 1.54) is 0 Å². The summed E-state index contributed by atoms with van der Waals surface area (Å²) < 4.78 is 1.58. The second-order valence-corrected chi connectivity index (χ2v) is 3.66. The predicted octanol–water partition coefficient (Wildman–Crippen LogP) is 2.42. The largest absolute Gasteiger partial charge is 0.358 e. The van der Waals surface area contributed by atoms with Gasteiger partial charge in [-0.25, -0.2) is 4.57 Å². The number of nitro groups is 1. The summed E-state index contributed by atoms with van der Waals surface area (Å²) in [5.74, 6) is 0.0514. The van der Waals surface area contributed by atoms with Gasteiger partial charge in [-0.05, 0) is 17.4 Å². The molecule has 5 nitrogen and oxygen atoms in total. The van der Waals surface area contributed by atoms with E-state index in [0.717, 1.165) is 10.9 Å². The Morgan fingerprint density at radius 2 is 2.19 bits per heavy atom. The van der Waals surface area contributed by atoms with E-state index in [-0.39, 0.29) is 12.0 Å². The van der Waals surface area contributed by atoms with Gasteiger partial charge in [-0.15, -0.1) is 0 Å². The van der Waals surface area contributed by atoms with Gasteiger partial charge >= 0.3 is 5.82 Å². The first-order valence-electron chi connectivity index (χ1n) is 5.15. The van der Waals surface area contributed by atoms with Crippen LogP contribution < -0.4 is 5.73 Å². The second kappa shape index (κ2) is 3.94. The molecule has 0 fully saturated rings. The van der Waals surface area contributed by atoms with Gasteiger partial charge in [0.25, 0.3) is 0 Å². The van der Waals surface area contributed by atoms with Crippen LogP contribution in [0, 0.1) is 10.1 Å². The van der Waals surface area contributed by atoms with Crippen molar-refractivity contribution < 1.29 is 4.92 Å². The molecule has 2 N–H and O–H groups in total. The maximum absolute atomic E-state index is 10.9. The number of nitrogens with two attached hydrogens (primary N) is 1. The van der Waals surface area contributed by atoms with Gasteiger partial charge in [0, 0.05) is 11.5 Å². The summed E-state index contributed by atoms with van der Waals surface area (Å²) >= 11 is 0. The fourth-order valence-electron chi connectivity index (χ4n) is 1.83. The van der Waals surface area contributed by atoms with E-state index in [1.54, 1.807) is 10.6 Å². The Labute approximate surface area is 92.6 Å². The average molecular weight is 219 g/mol. The molecule has 1 aromatic carbocycles. The van der Waals surface area contributed by atoms with E-state index in [2.05, 4.69) is 0 Å². The summed E-state index contributed by atoms with van der Waals surface area (Å²) in [7, 11) is 0. The Bertz CT molecular complexity index is 533. The van der Waals surface area contributed by atoms with Crippen LogP contribution in [-0.2, 0) is 0 Å². The zero-order valence-electron chi connectivity index (χ0n) is 8.96. The lowest BCUT2D eigenvalue weighted by atomic mass is 10.2. The lowest BCUT2D eigenvalue weighted by molar-refractivity contribution is -0.392. The average Bonchev–Trinajstić information content (AvgIpc) is 2.67. The van der Waals surface area contributed by atoms with E-state index in [1.807, 2.05) is 31.2 Å². The number of fused-ring (bicyclic) bond motifs is 1. The molecule has 1 unspecified atom stereocenters. The molecule has 0 aliphatic carbocycles. The zero-order valence-corrected chi connectivity index (χ0v) is 8.96. The molecule has 1 heterocycles. The molecule has 2 rings (SSSR count). The molecule has 0 amide bonds. The minimum absolute atomic E-state index is 0.0514. The Morgan fingerprint density at radius 1 is 1.50 bits per heavy atom. The van der Waals surface area contributed by atoms with Crippen LogP contribution >= 0.6 is 0 Å². The number of hydrogen-bond acceptors (Lipinski definition) is 3. The molecular weight excluding hydrogens is 206 g/mol. The summed E-state index contributed by atoms with van der Waals surface area (Å²) in [6, 6.07) is 8.96. The van der Waals surface area contributed by atoms with Gasteiger partial charge < -0.3 is 10.1 Å². The third-order valence-corrected chi connectivity index (χ3v) is 2.66. The minimum Gasteiger partial charge on any atom is -0.358 e. The van der Waals surface area contributed by atoms with Crippen LogP contribution in [0.5, 0.6) is 0 Å². The van der Waals surface area contributed by atoms with Crippen LogP contribution in [-0.4, -0.2) is 9.49 Å². The van der Waals surface area contributed by atoms with E-state index >= 15 is 0 Å². The molecule has 1 aromatic heterocycles. The molecule has 0 radical (unpaired) electrons. The third kappa shape index (κ3) is 1.55. The standard InChI is InChI=1S/C11H13N3O2/c1-2-10(12)13-9-6-4-3-5-8(9)7-11(13)14(15)16/h3-7,10H,2,12H2,1H3. The Kier molecular flexibility index (Phi) is 2.62. The Morgan fingerprint density at radius 3 is 2.81 bits per heavy atom. The van der Waals surface area contributed by atoms with E-state index in [9.17, 15) is 10.1 Å².